The number of anilines is 2. The molecule has 0 saturated heterocycles. The molecule has 0 bridgehead atoms. The molecule has 0 aliphatic carbocycles. The fourth-order valence-corrected chi connectivity index (χ4v) is 3.05. The van der Waals surface area contributed by atoms with E-state index in [1.165, 1.54) is 24.3 Å². The average molecular weight is 372 g/mol. The molecular formula is C19H15F3N4O. The Kier molecular flexibility index (Phi) is 4.31. The number of halogens is 3. The van der Waals surface area contributed by atoms with Gasteiger partial charge in [0.15, 0.2) is 0 Å². The van der Waals surface area contributed by atoms with Crippen LogP contribution in [0.25, 0.3) is 0 Å². The van der Waals surface area contributed by atoms with Crippen molar-refractivity contribution >= 4 is 17.3 Å². The van der Waals surface area contributed by atoms with Gasteiger partial charge < -0.3 is 10.2 Å². The zero-order valence-corrected chi connectivity index (χ0v) is 14.1. The van der Waals surface area contributed by atoms with E-state index in [0.717, 1.165) is 6.07 Å². The quantitative estimate of drug-likeness (QED) is 0.762. The molecule has 1 aliphatic rings. The van der Waals surface area contributed by atoms with Gasteiger partial charge in [0.05, 0.1) is 18.8 Å². The Morgan fingerprint density at radius 1 is 0.926 bits per heavy atom. The standard InChI is InChI=1S/C19H15F3N4O/c20-12-1-3-17(4-2-12)25-5-6-26-18(19(25)27)10-16(24-26)11-23-15-8-13(21)7-14(22)9-15/h1-4,7-10,23H,5-6,11H2. The number of carbonyl (C=O) groups excluding carboxylic acids is 1. The normalized spacial score (nSPS) is 13.6. The van der Waals surface area contributed by atoms with E-state index >= 15 is 0 Å². The SMILES string of the molecule is O=C1c2cc(CNc3cc(F)cc(F)c3)nn2CCN1c1ccc(F)cc1. The van der Waals surface area contributed by atoms with E-state index in [2.05, 4.69) is 10.4 Å². The van der Waals surface area contributed by atoms with E-state index in [1.54, 1.807) is 27.8 Å². The molecule has 2 heterocycles. The van der Waals surface area contributed by atoms with Gasteiger partial charge in [-0.15, -0.1) is 0 Å². The molecule has 138 valence electrons. The summed E-state index contributed by atoms with van der Waals surface area (Å²) in [5.74, 6) is -1.95. The summed E-state index contributed by atoms with van der Waals surface area (Å²) in [5.41, 5.74) is 1.89. The molecule has 8 heteroatoms. The maximum absolute atomic E-state index is 13.2. The third kappa shape index (κ3) is 3.51. The second kappa shape index (κ2) is 6.79. The molecule has 0 fully saturated rings. The average Bonchev–Trinajstić information content (AvgIpc) is 3.05. The van der Waals surface area contributed by atoms with Crippen molar-refractivity contribution in [3.8, 4) is 0 Å². The largest absolute Gasteiger partial charge is 0.379 e. The number of hydrogen-bond acceptors (Lipinski definition) is 3. The number of benzene rings is 2. The first-order valence-corrected chi connectivity index (χ1v) is 8.34. The van der Waals surface area contributed by atoms with Crippen molar-refractivity contribution in [3.05, 3.63) is 77.4 Å². The van der Waals surface area contributed by atoms with Crippen molar-refractivity contribution < 1.29 is 18.0 Å². The van der Waals surface area contributed by atoms with Crippen molar-refractivity contribution in [3.63, 3.8) is 0 Å². The lowest BCUT2D eigenvalue weighted by atomic mass is 10.2. The monoisotopic (exact) mass is 372 g/mol. The van der Waals surface area contributed by atoms with Gasteiger partial charge in [-0.1, -0.05) is 0 Å². The first-order chi connectivity index (χ1) is 13.0. The van der Waals surface area contributed by atoms with E-state index in [4.69, 9.17) is 0 Å². The molecule has 1 aromatic heterocycles. The van der Waals surface area contributed by atoms with E-state index in [1.807, 2.05) is 0 Å². The number of carbonyl (C=O) groups is 1. The molecule has 1 amide bonds. The van der Waals surface area contributed by atoms with Crippen LogP contribution < -0.4 is 10.2 Å². The maximum Gasteiger partial charge on any atom is 0.276 e. The van der Waals surface area contributed by atoms with Crippen molar-refractivity contribution in [2.45, 2.75) is 13.1 Å². The Morgan fingerprint density at radius 3 is 2.33 bits per heavy atom. The molecule has 0 atom stereocenters. The first kappa shape index (κ1) is 17.1. The Balaban J connectivity index is 1.51. The van der Waals surface area contributed by atoms with Crippen molar-refractivity contribution in [1.29, 1.82) is 0 Å². The van der Waals surface area contributed by atoms with Crippen LogP contribution in [-0.2, 0) is 13.1 Å². The summed E-state index contributed by atoms with van der Waals surface area (Å²) in [6.07, 6.45) is 0. The molecule has 0 unspecified atom stereocenters. The third-order valence-corrected chi connectivity index (χ3v) is 4.30. The predicted molar refractivity (Wildman–Crippen MR) is 94.0 cm³/mol. The van der Waals surface area contributed by atoms with Crippen LogP contribution in [0.1, 0.15) is 16.2 Å². The number of fused-ring (bicyclic) bond motifs is 1. The minimum absolute atomic E-state index is 0.215. The Bertz CT molecular complexity index is 980. The molecular weight excluding hydrogens is 357 g/mol. The molecule has 1 aliphatic heterocycles. The van der Waals surface area contributed by atoms with E-state index in [-0.39, 0.29) is 24.0 Å². The third-order valence-electron chi connectivity index (χ3n) is 4.30. The first-order valence-electron chi connectivity index (χ1n) is 8.34. The summed E-state index contributed by atoms with van der Waals surface area (Å²) < 4.78 is 41.2. The van der Waals surface area contributed by atoms with Gasteiger partial charge in [-0.3, -0.25) is 9.48 Å². The van der Waals surface area contributed by atoms with Crippen LogP contribution in [0.3, 0.4) is 0 Å². The smallest absolute Gasteiger partial charge is 0.276 e. The summed E-state index contributed by atoms with van der Waals surface area (Å²) in [6.45, 7) is 1.13. The van der Waals surface area contributed by atoms with Gasteiger partial charge in [0.2, 0.25) is 0 Å². The van der Waals surface area contributed by atoms with Crippen LogP contribution in [0, 0.1) is 17.5 Å². The molecule has 5 nitrogen and oxygen atoms in total. The molecule has 4 rings (SSSR count). The van der Waals surface area contributed by atoms with Crippen molar-refractivity contribution in [1.82, 2.24) is 9.78 Å². The zero-order valence-electron chi connectivity index (χ0n) is 14.1. The van der Waals surface area contributed by atoms with Crippen LogP contribution in [0.4, 0.5) is 24.5 Å². The van der Waals surface area contributed by atoms with Gasteiger partial charge in [-0.05, 0) is 42.5 Å². The highest BCUT2D eigenvalue weighted by Crippen LogP contribution is 2.22. The summed E-state index contributed by atoms with van der Waals surface area (Å²) in [4.78, 5) is 14.3. The van der Waals surface area contributed by atoms with Crippen LogP contribution in [-0.4, -0.2) is 22.2 Å². The van der Waals surface area contributed by atoms with E-state index in [0.29, 0.717) is 30.2 Å². The van der Waals surface area contributed by atoms with E-state index in [9.17, 15) is 18.0 Å². The Hall–Kier alpha value is -3.29. The van der Waals surface area contributed by atoms with Crippen LogP contribution in [0.5, 0.6) is 0 Å². The Labute approximate surface area is 153 Å². The fraction of sp³-hybridized carbons (Fsp3) is 0.158. The summed E-state index contributed by atoms with van der Waals surface area (Å²) in [5, 5.41) is 7.26. The molecule has 27 heavy (non-hydrogen) atoms. The molecule has 0 saturated carbocycles. The zero-order chi connectivity index (χ0) is 19.0. The van der Waals surface area contributed by atoms with Crippen molar-refractivity contribution in [2.75, 3.05) is 16.8 Å². The molecule has 0 spiro atoms. The lowest BCUT2D eigenvalue weighted by molar-refractivity contribution is 0.0962. The molecule has 0 radical (unpaired) electrons. The summed E-state index contributed by atoms with van der Waals surface area (Å²) in [6, 6.07) is 10.5. The van der Waals surface area contributed by atoms with Gasteiger partial charge >= 0.3 is 0 Å². The van der Waals surface area contributed by atoms with Crippen LogP contribution in [0.2, 0.25) is 0 Å². The lowest BCUT2D eigenvalue weighted by Crippen LogP contribution is -2.40. The fourth-order valence-electron chi connectivity index (χ4n) is 3.05. The topological polar surface area (TPSA) is 50.2 Å². The van der Waals surface area contributed by atoms with Gasteiger partial charge in [0.1, 0.15) is 23.1 Å². The van der Waals surface area contributed by atoms with Gasteiger partial charge in [0.25, 0.3) is 5.91 Å². The highest BCUT2D eigenvalue weighted by Gasteiger charge is 2.27. The predicted octanol–water partition coefficient (Wildman–Crippen LogP) is 3.57. The molecule has 3 aromatic rings. The minimum Gasteiger partial charge on any atom is -0.379 e. The Morgan fingerprint density at radius 2 is 1.63 bits per heavy atom. The molecule has 1 N–H and O–H groups in total. The van der Waals surface area contributed by atoms with Crippen LogP contribution in [0.15, 0.2) is 48.5 Å². The van der Waals surface area contributed by atoms with Gasteiger partial charge in [-0.25, -0.2) is 13.2 Å². The number of nitrogens with zero attached hydrogens (tertiary/aromatic N) is 3. The second-order valence-electron chi connectivity index (χ2n) is 6.19. The second-order valence-corrected chi connectivity index (χ2v) is 6.19. The van der Waals surface area contributed by atoms with E-state index < -0.39 is 11.6 Å². The number of rotatable bonds is 4. The minimum atomic E-state index is -0.674. The van der Waals surface area contributed by atoms with Gasteiger partial charge in [-0.2, -0.15) is 5.10 Å². The molecule has 2 aromatic carbocycles. The number of nitrogens with one attached hydrogen (secondary N) is 1. The maximum atomic E-state index is 13.2. The van der Waals surface area contributed by atoms with Gasteiger partial charge in [0, 0.05) is 24.0 Å². The number of aromatic nitrogens is 2. The lowest BCUT2D eigenvalue weighted by Gasteiger charge is -2.27. The summed E-state index contributed by atoms with van der Waals surface area (Å²) >= 11 is 0. The highest BCUT2D eigenvalue weighted by molar-refractivity contribution is 6.05. The summed E-state index contributed by atoms with van der Waals surface area (Å²) in [7, 11) is 0. The van der Waals surface area contributed by atoms with Crippen LogP contribution >= 0.6 is 0 Å². The number of hydrogen-bond donors (Lipinski definition) is 1. The number of amides is 1. The van der Waals surface area contributed by atoms with Crippen molar-refractivity contribution in [2.24, 2.45) is 0 Å². The highest BCUT2D eigenvalue weighted by atomic mass is 19.1.